The molecule has 1 aromatic heterocycles. The van der Waals surface area contributed by atoms with E-state index in [1.165, 1.54) is 0 Å². The number of anilines is 1. The van der Waals surface area contributed by atoms with Crippen LogP contribution in [0, 0.1) is 28.1 Å². The van der Waals surface area contributed by atoms with Crippen LogP contribution < -0.4 is 10.1 Å². The zero-order valence-electron chi connectivity index (χ0n) is 17.5. The van der Waals surface area contributed by atoms with Crippen LogP contribution in [0.3, 0.4) is 0 Å². The number of hydrogen-bond acceptors (Lipinski definition) is 6. The standard InChI is InChI=1S/C23H23N5O2/c1-5-30-17-9-7-6-8-14(17)28-20(29)23-11-10-22(4,21(23,2)3)18-19(23)27-16(13-25)15(12-24)26-18/h6-9H,5,10-11H2,1-4H3,(H,28,29). The number of ether oxygens (including phenoxy) is 1. The van der Waals surface area contributed by atoms with Crippen LogP contribution in [0.25, 0.3) is 0 Å². The Hall–Kier alpha value is -3.45. The van der Waals surface area contributed by atoms with E-state index < -0.39 is 16.2 Å². The van der Waals surface area contributed by atoms with E-state index in [1.54, 1.807) is 0 Å². The highest BCUT2D eigenvalue weighted by Crippen LogP contribution is 2.70. The maximum atomic E-state index is 13.8. The molecule has 7 nitrogen and oxygen atoms in total. The van der Waals surface area contributed by atoms with Gasteiger partial charge in [0, 0.05) is 5.41 Å². The fourth-order valence-corrected chi connectivity index (χ4v) is 5.22. The van der Waals surface area contributed by atoms with Gasteiger partial charge in [-0.15, -0.1) is 0 Å². The maximum Gasteiger partial charge on any atom is 0.237 e. The summed E-state index contributed by atoms with van der Waals surface area (Å²) < 4.78 is 5.66. The fourth-order valence-electron chi connectivity index (χ4n) is 5.22. The van der Waals surface area contributed by atoms with Crippen LogP contribution >= 0.6 is 0 Å². The first kappa shape index (κ1) is 19.8. The molecule has 1 fully saturated rings. The summed E-state index contributed by atoms with van der Waals surface area (Å²) >= 11 is 0. The highest BCUT2D eigenvalue weighted by Gasteiger charge is 2.73. The molecule has 30 heavy (non-hydrogen) atoms. The average Bonchev–Trinajstić information content (AvgIpc) is 3.03. The Morgan fingerprint density at radius 3 is 2.37 bits per heavy atom. The molecule has 4 rings (SSSR count). The maximum absolute atomic E-state index is 13.8. The molecule has 0 spiro atoms. The van der Waals surface area contributed by atoms with Gasteiger partial charge in [0.25, 0.3) is 0 Å². The predicted octanol–water partition coefficient (Wildman–Crippen LogP) is 3.59. The van der Waals surface area contributed by atoms with Crippen LogP contribution in [-0.4, -0.2) is 22.5 Å². The van der Waals surface area contributed by atoms with Crippen LogP contribution in [0.2, 0.25) is 0 Å². The Balaban J connectivity index is 1.88. The number of para-hydroxylation sites is 2. The number of benzene rings is 1. The summed E-state index contributed by atoms with van der Waals surface area (Å²) in [5, 5.41) is 22.0. The number of hydrogen-bond donors (Lipinski definition) is 1. The molecule has 0 saturated heterocycles. The Labute approximate surface area is 175 Å². The SMILES string of the molecule is CCOc1ccccc1NC(=O)C12CCC(C)(c3nc(C#N)c(C#N)nc31)C2(C)C. The minimum absolute atomic E-state index is 0.0121. The monoisotopic (exact) mass is 401 g/mol. The molecule has 1 amide bonds. The lowest BCUT2D eigenvalue weighted by Crippen LogP contribution is -2.48. The molecule has 2 bridgehead atoms. The molecule has 152 valence electrons. The Kier molecular flexibility index (Phi) is 4.32. The van der Waals surface area contributed by atoms with Crippen LogP contribution in [-0.2, 0) is 15.6 Å². The second kappa shape index (κ2) is 6.53. The van der Waals surface area contributed by atoms with Crippen molar-refractivity contribution >= 4 is 11.6 Å². The van der Waals surface area contributed by atoms with Gasteiger partial charge in [-0.05, 0) is 37.3 Å². The van der Waals surface area contributed by atoms with E-state index in [-0.39, 0.29) is 17.3 Å². The highest BCUT2D eigenvalue weighted by atomic mass is 16.5. The molecular formula is C23H23N5O2. The lowest BCUT2D eigenvalue weighted by molar-refractivity contribution is -0.125. The molecule has 2 atom stereocenters. The summed E-state index contributed by atoms with van der Waals surface area (Å²) in [4.78, 5) is 22.9. The molecule has 1 heterocycles. The van der Waals surface area contributed by atoms with Gasteiger partial charge in [0.05, 0.1) is 29.1 Å². The number of aromatic nitrogens is 2. The molecule has 2 aliphatic carbocycles. The third-order valence-electron chi connectivity index (χ3n) is 7.30. The number of carbonyl (C=O) groups is 1. The molecule has 2 unspecified atom stereocenters. The average molecular weight is 401 g/mol. The van der Waals surface area contributed by atoms with Gasteiger partial charge in [0.15, 0.2) is 11.4 Å². The number of rotatable bonds is 4. The third kappa shape index (κ3) is 2.26. The summed E-state index contributed by atoms with van der Waals surface area (Å²) in [5.41, 5.74) is -0.143. The van der Waals surface area contributed by atoms with Gasteiger partial charge in [-0.3, -0.25) is 4.79 Å². The first-order chi connectivity index (χ1) is 14.3. The molecule has 1 saturated carbocycles. The summed E-state index contributed by atoms with van der Waals surface area (Å²) in [6.07, 6.45) is 1.34. The van der Waals surface area contributed by atoms with Gasteiger partial charge in [0.1, 0.15) is 17.9 Å². The number of fused-ring (bicyclic) bond motifs is 5. The van der Waals surface area contributed by atoms with Crippen molar-refractivity contribution < 1.29 is 9.53 Å². The second-order valence-electron chi connectivity index (χ2n) is 8.59. The minimum atomic E-state index is -0.955. The zero-order chi connectivity index (χ0) is 21.7. The Morgan fingerprint density at radius 1 is 1.10 bits per heavy atom. The van der Waals surface area contributed by atoms with Crippen molar-refractivity contribution in [2.45, 2.75) is 51.4 Å². The molecule has 7 heteroatoms. The van der Waals surface area contributed by atoms with Crippen LogP contribution in [0.1, 0.15) is 63.3 Å². The lowest BCUT2D eigenvalue weighted by Gasteiger charge is -2.39. The largest absolute Gasteiger partial charge is 0.492 e. The zero-order valence-corrected chi connectivity index (χ0v) is 17.5. The fraction of sp³-hybridized carbons (Fsp3) is 0.435. The van der Waals surface area contributed by atoms with Gasteiger partial charge < -0.3 is 10.1 Å². The number of amides is 1. The van der Waals surface area contributed by atoms with E-state index in [9.17, 15) is 15.3 Å². The number of nitrogens with zero attached hydrogens (tertiary/aromatic N) is 4. The van der Waals surface area contributed by atoms with Gasteiger partial charge in [0.2, 0.25) is 5.91 Å². The normalized spacial score (nSPS) is 25.1. The molecule has 0 radical (unpaired) electrons. The van der Waals surface area contributed by atoms with E-state index in [0.717, 1.165) is 6.42 Å². The minimum Gasteiger partial charge on any atom is -0.492 e. The number of nitrogens with one attached hydrogen (secondary N) is 1. The quantitative estimate of drug-likeness (QED) is 0.838. The first-order valence-corrected chi connectivity index (χ1v) is 10.0. The van der Waals surface area contributed by atoms with Crippen molar-refractivity contribution in [2.24, 2.45) is 5.41 Å². The molecule has 2 aliphatic rings. The van der Waals surface area contributed by atoms with E-state index in [2.05, 4.69) is 36.1 Å². The van der Waals surface area contributed by atoms with Crippen molar-refractivity contribution in [3.63, 3.8) is 0 Å². The summed E-state index contributed by atoms with van der Waals surface area (Å²) in [6.45, 7) is 8.55. The first-order valence-electron chi connectivity index (χ1n) is 10.0. The second-order valence-corrected chi connectivity index (χ2v) is 8.59. The van der Waals surface area contributed by atoms with Gasteiger partial charge in [-0.1, -0.05) is 32.9 Å². The molecule has 2 aromatic rings. The summed E-state index contributed by atoms with van der Waals surface area (Å²) in [6, 6.07) is 11.3. The predicted molar refractivity (Wildman–Crippen MR) is 110 cm³/mol. The van der Waals surface area contributed by atoms with E-state index in [0.29, 0.717) is 35.9 Å². The van der Waals surface area contributed by atoms with Crippen LogP contribution in [0.15, 0.2) is 24.3 Å². The third-order valence-corrected chi connectivity index (χ3v) is 7.30. The van der Waals surface area contributed by atoms with Crippen molar-refractivity contribution in [1.82, 2.24) is 9.97 Å². The van der Waals surface area contributed by atoms with Crippen molar-refractivity contribution in [1.29, 1.82) is 10.5 Å². The smallest absolute Gasteiger partial charge is 0.237 e. The summed E-state index contributed by atoms with van der Waals surface area (Å²) in [5.74, 6) is 0.412. The summed E-state index contributed by atoms with van der Waals surface area (Å²) in [7, 11) is 0. The molecular weight excluding hydrogens is 378 g/mol. The van der Waals surface area contributed by atoms with E-state index in [1.807, 2.05) is 43.3 Å². The van der Waals surface area contributed by atoms with Crippen molar-refractivity contribution in [2.75, 3.05) is 11.9 Å². The van der Waals surface area contributed by atoms with E-state index >= 15 is 0 Å². The molecule has 1 aromatic carbocycles. The Bertz CT molecular complexity index is 1140. The van der Waals surface area contributed by atoms with Crippen LogP contribution in [0.4, 0.5) is 5.69 Å². The van der Waals surface area contributed by atoms with E-state index in [4.69, 9.17) is 4.74 Å². The van der Waals surface area contributed by atoms with Gasteiger partial charge in [-0.2, -0.15) is 10.5 Å². The van der Waals surface area contributed by atoms with Crippen molar-refractivity contribution in [3.05, 3.63) is 47.0 Å². The molecule has 0 aliphatic heterocycles. The lowest BCUT2D eigenvalue weighted by atomic mass is 9.63. The Morgan fingerprint density at radius 2 is 1.73 bits per heavy atom. The highest BCUT2D eigenvalue weighted by molar-refractivity contribution is 6.02. The van der Waals surface area contributed by atoms with Crippen LogP contribution in [0.5, 0.6) is 5.75 Å². The molecule has 1 N–H and O–H groups in total. The number of carbonyl (C=O) groups excluding carboxylic acids is 1. The van der Waals surface area contributed by atoms with Gasteiger partial charge >= 0.3 is 0 Å². The topological polar surface area (TPSA) is 112 Å². The van der Waals surface area contributed by atoms with Gasteiger partial charge in [-0.25, -0.2) is 9.97 Å². The number of nitriles is 2. The van der Waals surface area contributed by atoms with Crippen molar-refractivity contribution in [3.8, 4) is 17.9 Å².